The van der Waals surface area contributed by atoms with Crippen molar-refractivity contribution >= 4 is 11.9 Å². The fraction of sp³-hybridized carbons (Fsp3) is 0.424. The van der Waals surface area contributed by atoms with Crippen molar-refractivity contribution in [2.75, 3.05) is 14.2 Å². The molecule has 10 atom stereocenters. The van der Waals surface area contributed by atoms with Crippen LogP contribution in [0.1, 0.15) is 137 Å². The lowest BCUT2D eigenvalue weighted by Gasteiger charge is -2.42. The lowest BCUT2D eigenvalue weighted by Crippen LogP contribution is -2.43. The Labute approximate surface area is 428 Å². The van der Waals surface area contributed by atoms with Crippen molar-refractivity contribution in [3.63, 3.8) is 0 Å². The van der Waals surface area contributed by atoms with Crippen LogP contribution in [0.15, 0.2) is 170 Å². The van der Waals surface area contributed by atoms with E-state index in [1.165, 1.54) is 22.3 Å². The number of hydrogen-bond donors (Lipinski definition) is 0. The molecule has 72 heavy (non-hydrogen) atoms. The van der Waals surface area contributed by atoms with E-state index in [-0.39, 0.29) is 82.3 Å². The molecule has 0 heterocycles. The zero-order valence-corrected chi connectivity index (χ0v) is 43.6. The summed E-state index contributed by atoms with van der Waals surface area (Å²) < 4.78 is 25.6. The molecule has 4 bridgehead atoms. The maximum atomic E-state index is 15.4. The molecule has 0 aromatic heterocycles. The molecule has 0 saturated heterocycles. The van der Waals surface area contributed by atoms with Gasteiger partial charge in [0.15, 0.2) is 0 Å². The molecule has 6 aromatic rings. The van der Waals surface area contributed by atoms with Crippen LogP contribution in [0.5, 0.6) is 11.5 Å². The van der Waals surface area contributed by atoms with Gasteiger partial charge in [-0.05, 0) is 106 Å². The standard InChI is InChI=1S/C66H74O6/c1-63(2)53-37-39-65(63,5)61(59(53)57(45-21-13-9-14-22-45)46-23-15-10-16-24-46)71-55(67)41-51(43-29-33-49(69-7)34-30-43)52(44-31-35-50(70-8)36-32-44)42-56(68)72-62-60(54-38-40-66(62,6)64(54,3)4)58(47-25-17-11-18-26-47)48-27-19-12-20-28-48/h9-36,51-54,57-62H,37-42H2,1-8H3/t51-,52-,53+,54+,59-,60-,61+,62+,65-,66-/m0/s1. The van der Waals surface area contributed by atoms with Crippen molar-refractivity contribution in [2.24, 2.45) is 45.3 Å². The molecule has 4 aliphatic rings. The third-order valence-corrected chi connectivity index (χ3v) is 19.9. The highest BCUT2D eigenvalue weighted by Gasteiger charge is 2.70. The van der Waals surface area contributed by atoms with E-state index < -0.39 is 11.8 Å². The topological polar surface area (TPSA) is 71.1 Å². The molecule has 10 rings (SSSR count). The van der Waals surface area contributed by atoms with Crippen LogP contribution < -0.4 is 9.47 Å². The highest BCUT2D eigenvalue weighted by Crippen LogP contribution is 2.72. The van der Waals surface area contributed by atoms with Gasteiger partial charge < -0.3 is 18.9 Å². The van der Waals surface area contributed by atoms with Gasteiger partial charge in [-0.2, -0.15) is 0 Å². The fourth-order valence-corrected chi connectivity index (χ4v) is 15.3. The number of esters is 2. The Bertz CT molecular complexity index is 2520. The molecule has 0 unspecified atom stereocenters. The quantitative estimate of drug-likeness (QED) is 0.0848. The molecule has 374 valence electrons. The third-order valence-electron chi connectivity index (χ3n) is 19.9. The minimum Gasteiger partial charge on any atom is -0.497 e. The highest BCUT2D eigenvalue weighted by atomic mass is 16.6. The zero-order chi connectivity index (χ0) is 50.4. The van der Waals surface area contributed by atoms with Gasteiger partial charge in [0.05, 0.1) is 27.1 Å². The van der Waals surface area contributed by atoms with Gasteiger partial charge in [-0.1, -0.05) is 187 Å². The van der Waals surface area contributed by atoms with Crippen LogP contribution in [0.4, 0.5) is 0 Å². The Balaban J connectivity index is 1.02. The summed E-state index contributed by atoms with van der Waals surface area (Å²) >= 11 is 0. The molecule has 0 spiro atoms. The predicted molar refractivity (Wildman–Crippen MR) is 286 cm³/mol. The molecule has 6 aromatic carbocycles. The van der Waals surface area contributed by atoms with E-state index in [1.807, 2.05) is 48.5 Å². The second kappa shape index (κ2) is 19.7. The number of benzene rings is 6. The molecule has 4 fully saturated rings. The Morgan fingerprint density at radius 1 is 0.431 bits per heavy atom. The largest absolute Gasteiger partial charge is 0.497 e. The molecule has 0 N–H and O–H groups in total. The number of rotatable bonds is 17. The van der Waals surface area contributed by atoms with E-state index in [0.29, 0.717) is 11.8 Å². The fourth-order valence-electron chi connectivity index (χ4n) is 15.3. The Kier molecular flexibility index (Phi) is 13.5. The van der Waals surface area contributed by atoms with Crippen LogP contribution in [0.3, 0.4) is 0 Å². The van der Waals surface area contributed by atoms with Crippen molar-refractivity contribution in [1.82, 2.24) is 0 Å². The van der Waals surface area contributed by atoms with Crippen molar-refractivity contribution in [3.8, 4) is 11.5 Å². The summed E-state index contributed by atoms with van der Waals surface area (Å²) in [4.78, 5) is 30.8. The number of carbonyl (C=O) groups excluding carboxylic acids is 2. The molecular weight excluding hydrogens is 889 g/mol. The van der Waals surface area contributed by atoms with E-state index in [2.05, 4.69) is 163 Å². The Morgan fingerprint density at radius 3 is 1.00 bits per heavy atom. The number of carbonyl (C=O) groups is 2. The van der Waals surface area contributed by atoms with Gasteiger partial charge >= 0.3 is 11.9 Å². The summed E-state index contributed by atoms with van der Waals surface area (Å²) in [6.45, 7) is 14.3. The first-order chi connectivity index (χ1) is 34.7. The van der Waals surface area contributed by atoms with Crippen LogP contribution >= 0.6 is 0 Å². The molecule has 0 radical (unpaired) electrons. The molecule has 4 saturated carbocycles. The van der Waals surface area contributed by atoms with Gasteiger partial charge in [0, 0.05) is 46.3 Å². The average Bonchev–Trinajstić information content (AvgIpc) is 3.91. The maximum absolute atomic E-state index is 15.4. The normalized spacial score (nSPS) is 27.4. The summed E-state index contributed by atoms with van der Waals surface area (Å²) in [6, 6.07) is 59.2. The first kappa shape index (κ1) is 49.4. The Morgan fingerprint density at radius 2 is 0.722 bits per heavy atom. The molecule has 0 aliphatic heterocycles. The summed E-state index contributed by atoms with van der Waals surface area (Å²) in [5.74, 6) is 0.958. The zero-order valence-electron chi connectivity index (χ0n) is 43.6. The number of hydrogen-bond acceptors (Lipinski definition) is 6. The van der Waals surface area contributed by atoms with Crippen LogP contribution in [-0.4, -0.2) is 38.4 Å². The number of ether oxygens (including phenoxy) is 4. The summed E-state index contributed by atoms with van der Waals surface area (Å²) in [5, 5.41) is 0. The molecule has 4 aliphatic carbocycles. The van der Waals surface area contributed by atoms with Gasteiger partial charge in [0.25, 0.3) is 0 Å². The van der Waals surface area contributed by atoms with Crippen molar-refractivity contribution in [2.45, 2.75) is 116 Å². The molecular formula is C66H74O6. The van der Waals surface area contributed by atoms with Gasteiger partial charge in [-0.15, -0.1) is 0 Å². The van der Waals surface area contributed by atoms with Crippen molar-refractivity contribution < 1.29 is 28.5 Å². The second-order valence-corrected chi connectivity index (χ2v) is 23.3. The predicted octanol–water partition coefficient (Wildman–Crippen LogP) is 15.0. The maximum Gasteiger partial charge on any atom is 0.306 e. The van der Waals surface area contributed by atoms with E-state index in [0.717, 1.165) is 48.3 Å². The van der Waals surface area contributed by atoms with Crippen LogP contribution in [0, 0.1) is 45.3 Å². The smallest absolute Gasteiger partial charge is 0.306 e. The first-order valence-corrected chi connectivity index (χ1v) is 26.6. The molecule has 0 amide bonds. The second-order valence-electron chi connectivity index (χ2n) is 23.3. The summed E-state index contributed by atoms with van der Waals surface area (Å²) in [5.41, 5.74) is 6.20. The number of fused-ring (bicyclic) bond motifs is 4. The first-order valence-electron chi connectivity index (χ1n) is 26.6. The Hall–Kier alpha value is -6.14. The van der Waals surface area contributed by atoms with Crippen molar-refractivity contribution in [3.05, 3.63) is 203 Å². The van der Waals surface area contributed by atoms with E-state index in [9.17, 15) is 0 Å². The van der Waals surface area contributed by atoms with Gasteiger partial charge in [0.1, 0.15) is 23.7 Å². The minimum absolute atomic E-state index is 0.0423. The van der Waals surface area contributed by atoms with Gasteiger partial charge in [0.2, 0.25) is 0 Å². The lowest BCUT2D eigenvalue weighted by molar-refractivity contribution is -0.164. The number of methoxy groups -OCH3 is 2. The van der Waals surface area contributed by atoms with Crippen LogP contribution in [0.25, 0.3) is 0 Å². The SMILES string of the molecule is COc1ccc([C@H](CC(=O)O[C@@H]2[C@H](C(c3ccccc3)c3ccccc3)[C@H]3CC[C@]2(C)C3(C)C)[C@@H](CC(=O)O[C@@H]2[C@H](C(c3ccccc3)c3ccccc3)[C@H]3CC[C@]2(C)C3(C)C)c2ccc(OC)cc2)cc1. The van der Waals surface area contributed by atoms with E-state index in [1.54, 1.807) is 14.2 Å². The summed E-state index contributed by atoms with van der Waals surface area (Å²) in [6.07, 6.45) is 3.65. The van der Waals surface area contributed by atoms with E-state index in [4.69, 9.17) is 18.9 Å². The van der Waals surface area contributed by atoms with Gasteiger partial charge in [-0.3, -0.25) is 9.59 Å². The lowest BCUT2D eigenvalue weighted by atomic mass is 9.68. The van der Waals surface area contributed by atoms with Crippen LogP contribution in [-0.2, 0) is 19.1 Å². The van der Waals surface area contributed by atoms with Gasteiger partial charge in [-0.25, -0.2) is 0 Å². The highest BCUT2D eigenvalue weighted by molar-refractivity contribution is 5.74. The third kappa shape index (κ3) is 8.54. The summed E-state index contributed by atoms with van der Waals surface area (Å²) in [7, 11) is 3.33. The van der Waals surface area contributed by atoms with Crippen LogP contribution in [0.2, 0.25) is 0 Å². The van der Waals surface area contributed by atoms with E-state index >= 15 is 9.59 Å². The van der Waals surface area contributed by atoms with Crippen molar-refractivity contribution in [1.29, 1.82) is 0 Å². The molecule has 6 nitrogen and oxygen atoms in total. The molecule has 6 heteroatoms. The monoisotopic (exact) mass is 963 g/mol. The average molecular weight is 963 g/mol. The minimum atomic E-state index is -0.439.